The van der Waals surface area contributed by atoms with Gasteiger partial charge in [-0.05, 0) is 0 Å². The van der Waals surface area contributed by atoms with Gasteiger partial charge in [-0.1, -0.05) is 0 Å². The van der Waals surface area contributed by atoms with E-state index in [-0.39, 0.29) is 58.4 Å². The van der Waals surface area contributed by atoms with E-state index >= 15 is 0 Å². The van der Waals surface area contributed by atoms with Gasteiger partial charge in [0.1, 0.15) is 0 Å². The Morgan fingerprint density at radius 3 is 0.429 bits per heavy atom. The average Bonchev–Trinajstić information content (AvgIpc) is 1.79. The van der Waals surface area contributed by atoms with E-state index in [9.17, 15) is 0 Å². The molecule has 0 fully saturated rings. The van der Waals surface area contributed by atoms with Crippen LogP contribution in [0.5, 0.6) is 0 Å². The molecule has 160 valence electrons. The molecule has 6 N–H and O–H groups in total. The van der Waals surface area contributed by atoms with Crippen molar-refractivity contribution >= 4 is 15.6 Å². The molecule has 0 rings (SSSR count). The second kappa shape index (κ2) is 22.4. The number of hydrogen-bond acceptors (Lipinski definition) is 14. The van der Waals surface area contributed by atoms with E-state index in [1.165, 1.54) is 0 Å². The molecule has 0 aliphatic heterocycles. The topological polar surface area (TPSA) is 396 Å². The maximum atomic E-state index is 8.82. The average molecular weight is 740 g/mol. The van der Waals surface area contributed by atoms with Crippen LogP contribution in [0.3, 0.4) is 0 Å². The van der Waals surface area contributed by atoms with Gasteiger partial charge in [-0.25, -0.2) is 0 Å². The summed E-state index contributed by atoms with van der Waals surface area (Å²) in [7, 11) is -10.8. The van der Waals surface area contributed by atoms with Crippen LogP contribution in [0.1, 0.15) is 0 Å². The summed E-state index contributed by atoms with van der Waals surface area (Å²) < 4.78 is 113. The van der Waals surface area contributed by atoms with E-state index in [0.29, 0.717) is 0 Å². The van der Waals surface area contributed by atoms with E-state index in [1.807, 2.05) is 0 Å². The molecule has 0 spiro atoms. The Kier molecular flexibility index (Phi) is 41.9. The van der Waals surface area contributed by atoms with E-state index in [4.69, 9.17) is 86.3 Å². The van der Waals surface area contributed by atoms with Gasteiger partial charge in [0.15, 0.2) is 0 Å². The first kappa shape index (κ1) is 52.3. The SMILES string of the molecule is O=P([O-])([O-])[O-].O=P([O-])([O-])[O-].[O]=[Cr](=[O])([OH])[OH].[O]=[Cr](=[O])([OH])[OH].[O]=[Cr](=[O])([OH])[OH].[Zn+2].[Zn+2].[Zn+2]. The normalized spacial score (nSPS) is 10.4. The van der Waals surface area contributed by atoms with E-state index in [0.717, 1.165) is 0 Å². The Bertz CT molecular complexity index is 586. The van der Waals surface area contributed by atoms with Gasteiger partial charge in [-0.2, -0.15) is 15.6 Å². The van der Waals surface area contributed by atoms with Gasteiger partial charge < -0.3 is 38.5 Å². The van der Waals surface area contributed by atoms with Crippen LogP contribution in [-0.2, 0) is 131 Å². The summed E-state index contributed by atoms with van der Waals surface area (Å²) in [5, 5.41) is 0. The number of rotatable bonds is 0. The predicted octanol–water partition coefficient (Wildman–Crippen LogP) is -9.72. The summed E-state index contributed by atoms with van der Waals surface area (Å²) in [6, 6.07) is 0. The van der Waals surface area contributed by atoms with Gasteiger partial charge in [0.25, 0.3) is 0 Å². The van der Waals surface area contributed by atoms with Crippen LogP contribution < -0.4 is 29.4 Å². The van der Waals surface area contributed by atoms with Gasteiger partial charge in [-0.15, -0.1) is 0 Å². The Morgan fingerprint density at radius 2 is 0.429 bits per heavy atom. The smallest absolute Gasteiger partial charge is 2.00 e. The van der Waals surface area contributed by atoms with Crippen molar-refractivity contribution in [2.45, 2.75) is 0 Å². The standard InChI is InChI=1S/3Cr.2H3O4P.6H2O.6O.3Zn/c;;;2*1-5(2,3)4;;;;;;;;;;;;;;;/h;;;2*(H3,1,2,3,4);6*1H2;;;;;;;;;/q3*+2;;;;;;;;;;;;;;;3*+2/p-12. The molecule has 0 atom stereocenters. The molecule has 28 heteroatoms. The molecule has 0 aromatic carbocycles. The first-order chi connectivity index (χ1) is 10.0. The van der Waals surface area contributed by atoms with Crippen LogP contribution in [0.2, 0.25) is 0 Å². The molecular formula is H6Cr3O20P2Zn3. The first-order valence-electron chi connectivity index (χ1n) is 3.56. The van der Waals surface area contributed by atoms with Crippen LogP contribution in [0.25, 0.3) is 0 Å². The molecule has 0 heterocycles. The largest absolute Gasteiger partial charge is 2.00 e. The van der Waals surface area contributed by atoms with Crippen molar-refractivity contribution in [1.29, 1.82) is 0 Å². The van der Waals surface area contributed by atoms with Gasteiger partial charge in [0.2, 0.25) is 0 Å². The second-order valence-corrected chi connectivity index (χ2v) is 8.22. The molecule has 0 radical (unpaired) electrons. The van der Waals surface area contributed by atoms with Crippen molar-refractivity contribution in [3.8, 4) is 0 Å². The zero-order chi connectivity index (χ0) is 22.5. The minimum Gasteiger partial charge on any atom is 2.00 e. The molecule has 0 aromatic heterocycles. The summed E-state index contributed by atoms with van der Waals surface area (Å²) in [6.07, 6.45) is 0. The van der Waals surface area contributed by atoms with Gasteiger partial charge in [-0.3, -0.25) is 0 Å². The zero-order valence-corrected chi connectivity index (χ0v) is 27.2. The third-order valence-electron chi connectivity index (χ3n) is 0. The van der Waals surface area contributed by atoms with Crippen molar-refractivity contribution in [3.63, 3.8) is 0 Å². The summed E-state index contributed by atoms with van der Waals surface area (Å²) in [6.45, 7) is 0. The molecule has 0 aromatic rings. The summed E-state index contributed by atoms with van der Waals surface area (Å²) in [5.41, 5.74) is 0. The third kappa shape index (κ3) is 4150. The number of phosphoric acid groups is 2. The van der Waals surface area contributed by atoms with E-state index in [1.54, 1.807) is 0 Å². The molecule has 20 nitrogen and oxygen atoms in total. The van der Waals surface area contributed by atoms with Crippen LogP contribution in [-0.4, -0.2) is 24.9 Å². The van der Waals surface area contributed by atoms with E-state index in [2.05, 4.69) is 0 Å². The Morgan fingerprint density at radius 1 is 0.429 bits per heavy atom. The Balaban J connectivity index is -0.0000000290. The molecule has 0 aliphatic rings. The van der Waals surface area contributed by atoms with Crippen molar-refractivity contribution in [2.24, 2.45) is 0 Å². The molecule has 0 saturated carbocycles. The molecule has 0 saturated heterocycles. The maximum Gasteiger partial charge on any atom is 2.00 e. The minimum atomic E-state index is -5.39. The molecule has 28 heavy (non-hydrogen) atoms. The van der Waals surface area contributed by atoms with Crippen LogP contribution >= 0.6 is 15.6 Å². The van der Waals surface area contributed by atoms with E-state index < -0.39 is 56.5 Å². The maximum absolute atomic E-state index is 8.82. The fourth-order valence-electron chi connectivity index (χ4n) is 0. The van der Waals surface area contributed by atoms with Crippen LogP contribution in [0, 0.1) is 0 Å². The quantitative estimate of drug-likeness (QED) is 0.0991. The van der Waals surface area contributed by atoms with Gasteiger partial charge in [0.05, 0.1) is 0 Å². The zero-order valence-electron chi connectivity index (χ0n) is 12.6. The van der Waals surface area contributed by atoms with Crippen molar-refractivity contribution in [2.75, 3.05) is 0 Å². The summed E-state index contributed by atoms with van der Waals surface area (Å²) >= 11 is -15.8. The summed E-state index contributed by atoms with van der Waals surface area (Å²) in [5.74, 6) is 0. The fourth-order valence-corrected chi connectivity index (χ4v) is 0. The predicted molar refractivity (Wildman–Crippen MR) is 32.6 cm³/mol. The molecule has 0 unspecified atom stereocenters. The Labute approximate surface area is 199 Å². The van der Waals surface area contributed by atoms with Crippen molar-refractivity contribution in [1.82, 2.24) is 0 Å². The van der Waals surface area contributed by atoms with Crippen LogP contribution in [0.15, 0.2) is 0 Å². The Hall–Kier alpha value is 2.25. The molecule has 0 bridgehead atoms. The minimum absolute atomic E-state index is 0. The van der Waals surface area contributed by atoms with Gasteiger partial charge >= 0.3 is 147 Å². The van der Waals surface area contributed by atoms with Crippen molar-refractivity contribution < 1.29 is 186 Å². The van der Waals surface area contributed by atoms with Crippen LogP contribution in [0.4, 0.5) is 0 Å². The van der Waals surface area contributed by atoms with Crippen molar-refractivity contribution in [3.05, 3.63) is 0 Å². The summed E-state index contributed by atoms with van der Waals surface area (Å²) in [4.78, 5) is 51.3. The third-order valence-corrected chi connectivity index (χ3v) is 0. The monoisotopic (exact) mass is 736 g/mol. The van der Waals surface area contributed by atoms with Gasteiger partial charge in [0, 0.05) is 0 Å². The molecular weight excluding hydrogens is 734 g/mol. The molecule has 0 aliphatic carbocycles. The fraction of sp³-hybridized carbons (Fsp3) is 0. The molecule has 0 amide bonds. The second-order valence-electron chi connectivity index (χ2n) is 2.24. The number of hydrogen-bond donors (Lipinski definition) is 6. The first-order valence-corrected chi connectivity index (χ1v) is 13.0.